The molecule has 1 aromatic carbocycles. The van der Waals surface area contributed by atoms with Gasteiger partial charge in [-0.2, -0.15) is 0 Å². The van der Waals surface area contributed by atoms with E-state index < -0.39 is 5.97 Å². The van der Waals surface area contributed by atoms with E-state index in [-0.39, 0.29) is 5.91 Å². The van der Waals surface area contributed by atoms with Gasteiger partial charge in [-0.25, -0.2) is 9.78 Å². The molecule has 2 rings (SSSR count). The summed E-state index contributed by atoms with van der Waals surface area (Å²) in [6.07, 6.45) is 3.01. The zero-order chi connectivity index (χ0) is 18.4. The fraction of sp³-hybridized carbons (Fsp3) is 0.235. The number of thiazole rings is 1. The molecule has 0 radical (unpaired) electrons. The van der Waals surface area contributed by atoms with Gasteiger partial charge in [0.05, 0.1) is 27.0 Å². The monoisotopic (exact) mass is 362 g/mol. The van der Waals surface area contributed by atoms with E-state index in [1.54, 1.807) is 45.4 Å². The molecule has 25 heavy (non-hydrogen) atoms. The molecule has 1 aromatic heterocycles. The molecule has 0 aliphatic carbocycles. The minimum Gasteiger partial charge on any atom is -0.493 e. The number of ether oxygens (including phenoxy) is 3. The highest BCUT2D eigenvalue weighted by atomic mass is 32.1. The molecule has 0 saturated carbocycles. The van der Waals surface area contributed by atoms with Crippen molar-refractivity contribution in [3.8, 4) is 11.5 Å². The molecule has 1 amide bonds. The molecule has 132 valence electrons. The standard InChI is InChI=1S/C17H18N2O5S/c1-10-15(16(21)24-4)25-17(18-10)19-14(20)8-6-11-5-7-12(22-2)13(9-11)23-3/h5-9H,1-4H3,(H,18,19,20). The van der Waals surface area contributed by atoms with Crippen molar-refractivity contribution in [1.29, 1.82) is 0 Å². The highest BCUT2D eigenvalue weighted by molar-refractivity contribution is 7.17. The maximum atomic E-state index is 12.0. The molecule has 0 unspecified atom stereocenters. The van der Waals surface area contributed by atoms with Crippen LogP contribution in [-0.4, -0.2) is 38.2 Å². The van der Waals surface area contributed by atoms with Crippen LogP contribution in [0.5, 0.6) is 11.5 Å². The smallest absolute Gasteiger partial charge is 0.350 e. The zero-order valence-electron chi connectivity index (χ0n) is 14.3. The number of methoxy groups -OCH3 is 3. The summed E-state index contributed by atoms with van der Waals surface area (Å²) >= 11 is 1.07. The van der Waals surface area contributed by atoms with Gasteiger partial charge < -0.3 is 14.2 Å². The quantitative estimate of drug-likeness (QED) is 0.628. The van der Waals surface area contributed by atoms with Crippen molar-refractivity contribution in [2.45, 2.75) is 6.92 Å². The molecule has 2 aromatic rings. The van der Waals surface area contributed by atoms with Crippen LogP contribution in [-0.2, 0) is 9.53 Å². The Morgan fingerprint density at radius 1 is 1.16 bits per heavy atom. The highest BCUT2D eigenvalue weighted by Gasteiger charge is 2.16. The van der Waals surface area contributed by atoms with Crippen molar-refractivity contribution in [3.63, 3.8) is 0 Å². The Kier molecular flexibility index (Phi) is 6.13. The fourth-order valence-electron chi connectivity index (χ4n) is 2.01. The average molecular weight is 362 g/mol. The van der Waals surface area contributed by atoms with Crippen molar-refractivity contribution in [2.24, 2.45) is 0 Å². The van der Waals surface area contributed by atoms with Crippen LogP contribution in [0.1, 0.15) is 20.9 Å². The minimum absolute atomic E-state index is 0.333. The third kappa shape index (κ3) is 4.57. The van der Waals surface area contributed by atoms with E-state index in [1.807, 2.05) is 0 Å². The molecule has 1 heterocycles. The number of hydrogen-bond donors (Lipinski definition) is 1. The Labute approximate surface area is 149 Å². The van der Waals surface area contributed by atoms with E-state index in [0.717, 1.165) is 16.9 Å². The van der Waals surface area contributed by atoms with Gasteiger partial charge in [-0.3, -0.25) is 10.1 Å². The Balaban J connectivity index is 2.07. The van der Waals surface area contributed by atoms with Crippen LogP contribution in [0.4, 0.5) is 5.13 Å². The molecular weight excluding hydrogens is 344 g/mol. The molecule has 0 bridgehead atoms. The van der Waals surface area contributed by atoms with Gasteiger partial charge in [0, 0.05) is 6.08 Å². The second kappa shape index (κ2) is 8.29. The van der Waals surface area contributed by atoms with Gasteiger partial charge >= 0.3 is 5.97 Å². The zero-order valence-corrected chi connectivity index (χ0v) is 15.1. The van der Waals surface area contributed by atoms with Crippen LogP contribution in [0.15, 0.2) is 24.3 Å². The number of aromatic nitrogens is 1. The van der Waals surface area contributed by atoms with Crippen molar-refractivity contribution in [2.75, 3.05) is 26.6 Å². The molecule has 0 aliphatic heterocycles. The van der Waals surface area contributed by atoms with Crippen molar-refractivity contribution in [3.05, 3.63) is 40.4 Å². The lowest BCUT2D eigenvalue weighted by atomic mass is 10.2. The predicted octanol–water partition coefficient (Wildman–Crippen LogP) is 2.91. The number of rotatable bonds is 6. The number of aryl methyl sites for hydroxylation is 1. The summed E-state index contributed by atoms with van der Waals surface area (Å²) in [4.78, 5) is 28.1. The number of carbonyl (C=O) groups excluding carboxylic acids is 2. The summed E-state index contributed by atoms with van der Waals surface area (Å²) < 4.78 is 15.0. The van der Waals surface area contributed by atoms with Gasteiger partial charge in [0.2, 0.25) is 5.91 Å². The highest BCUT2D eigenvalue weighted by Crippen LogP contribution is 2.28. The molecule has 0 saturated heterocycles. The van der Waals surface area contributed by atoms with Gasteiger partial charge in [0.15, 0.2) is 16.6 Å². The first-order valence-electron chi connectivity index (χ1n) is 7.25. The topological polar surface area (TPSA) is 86.8 Å². The van der Waals surface area contributed by atoms with Crippen LogP contribution >= 0.6 is 11.3 Å². The lowest BCUT2D eigenvalue weighted by Crippen LogP contribution is -2.07. The summed E-state index contributed by atoms with van der Waals surface area (Å²) in [6.45, 7) is 1.68. The summed E-state index contributed by atoms with van der Waals surface area (Å²) in [6, 6.07) is 5.31. The van der Waals surface area contributed by atoms with Crippen molar-refractivity contribution in [1.82, 2.24) is 4.98 Å². The number of anilines is 1. The van der Waals surface area contributed by atoms with E-state index in [9.17, 15) is 9.59 Å². The molecule has 7 nitrogen and oxygen atoms in total. The van der Waals surface area contributed by atoms with Gasteiger partial charge in [0.25, 0.3) is 0 Å². The number of carbonyl (C=O) groups is 2. The van der Waals surface area contributed by atoms with Gasteiger partial charge in [-0.15, -0.1) is 0 Å². The molecular formula is C17H18N2O5S. The van der Waals surface area contributed by atoms with Crippen LogP contribution in [0.25, 0.3) is 6.08 Å². The SMILES string of the molecule is COC(=O)c1sc(NC(=O)C=Cc2ccc(OC)c(OC)c2)nc1C. The maximum absolute atomic E-state index is 12.0. The molecule has 0 atom stereocenters. The summed E-state index contributed by atoms with van der Waals surface area (Å²) in [7, 11) is 4.40. The van der Waals surface area contributed by atoms with E-state index in [4.69, 9.17) is 9.47 Å². The second-order valence-corrected chi connectivity index (χ2v) is 5.86. The van der Waals surface area contributed by atoms with Gasteiger partial charge in [0.1, 0.15) is 4.88 Å². The van der Waals surface area contributed by atoms with Crippen LogP contribution < -0.4 is 14.8 Å². The van der Waals surface area contributed by atoms with E-state index in [0.29, 0.717) is 27.2 Å². The van der Waals surface area contributed by atoms with Crippen molar-refractivity contribution >= 4 is 34.4 Å². The normalized spacial score (nSPS) is 10.6. The molecule has 0 spiro atoms. The Hall–Kier alpha value is -2.87. The third-order valence-electron chi connectivity index (χ3n) is 3.23. The first-order valence-corrected chi connectivity index (χ1v) is 8.07. The number of nitrogens with zero attached hydrogens (tertiary/aromatic N) is 1. The van der Waals surface area contributed by atoms with Gasteiger partial charge in [-0.1, -0.05) is 17.4 Å². The number of hydrogen-bond acceptors (Lipinski definition) is 7. The van der Waals surface area contributed by atoms with E-state index in [1.165, 1.54) is 13.2 Å². The van der Waals surface area contributed by atoms with Crippen molar-refractivity contribution < 1.29 is 23.8 Å². The Bertz CT molecular complexity index is 813. The summed E-state index contributed by atoms with van der Waals surface area (Å²) in [5.41, 5.74) is 1.29. The number of nitrogens with one attached hydrogen (secondary N) is 1. The van der Waals surface area contributed by atoms with Crippen LogP contribution in [0.3, 0.4) is 0 Å². The van der Waals surface area contributed by atoms with Crippen LogP contribution in [0, 0.1) is 6.92 Å². The molecule has 0 fully saturated rings. The Morgan fingerprint density at radius 2 is 1.88 bits per heavy atom. The van der Waals surface area contributed by atoms with Gasteiger partial charge in [-0.05, 0) is 30.7 Å². The van der Waals surface area contributed by atoms with E-state index >= 15 is 0 Å². The number of benzene rings is 1. The number of amides is 1. The van der Waals surface area contributed by atoms with E-state index in [2.05, 4.69) is 15.0 Å². The lowest BCUT2D eigenvalue weighted by molar-refractivity contribution is -0.111. The largest absolute Gasteiger partial charge is 0.493 e. The second-order valence-electron chi connectivity index (χ2n) is 4.86. The molecule has 1 N–H and O–H groups in total. The first kappa shape index (κ1) is 18.5. The average Bonchev–Trinajstić information content (AvgIpc) is 2.98. The van der Waals surface area contributed by atoms with Crippen LogP contribution in [0.2, 0.25) is 0 Å². The summed E-state index contributed by atoms with van der Waals surface area (Å²) in [5.74, 6) is 0.345. The maximum Gasteiger partial charge on any atom is 0.350 e. The lowest BCUT2D eigenvalue weighted by Gasteiger charge is -2.07. The first-order chi connectivity index (χ1) is 12.0. The molecule has 0 aliphatic rings. The summed E-state index contributed by atoms with van der Waals surface area (Å²) in [5, 5.41) is 2.95. The minimum atomic E-state index is -0.476. The Morgan fingerprint density at radius 3 is 2.52 bits per heavy atom. The molecule has 8 heteroatoms. The fourth-order valence-corrected chi connectivity index (χ4v) is 2.89. The predicted molar refractivity (Wildman–Crippen MR) is 95.4 cm³/mol. The number of esters is 1. The third-order valence-corrected chi connectivity index (χ3v) is 4.29.